The summed E-state index contributed by atoms with van der Waals surface area (Å²) in [6, 6.07) is 15.9. The minimum atomic E-state index is -0.539. The van der Waals surface area contributed by atoms with Gasteiger partial charge in [-0.05, 0) is 59.2 Å². The van der Waals surface area contributed by atoms with E-state index in [1.165, 1.54) is 11.1 Å². The number of carbonyl (C=O) groups excluding carboxylic acids is 2. The van der Waals surface area contributed by atoms with E-state index in [1.54, 1.807) is 23.6 Å². The highest BCUT2D eigenvalue weighted by Crippen LogP contribution is 2.20. The van der Waals surface area contributed by atoms with Gasteiger partial charge in [0.2, 0.25) is 11.8 Å². The molecule has 0 aliphatic carbocycles. The highest BCUT2D eigenvalue weighted by Gasteiger charge is 2.28. The normalized spacial score (nSPS) is 12.3. The van der Waals surface area contributed by atoms with Crippen molar-refractivity contribution >= 4 is 23.6 Å². The van der Waals surface area contributed by atoms with Crippen LogP contribution in [-0.2, 0) is 16.1 Å². The third-order valence-corrected chi connectivity index (χ3v) is 5.76. The second kappa shape index (κ2) is 10.7. The molecule has 1 atom stereocenters. The molecule has 0 aromatic heterocycles. The lowest BCUT2D eigenvalue weighted by Crippen LogP contribution is -2.52. The van der Waals surface area contributed by atoms with Crippen molar-refractivity contribution in [2.45, 2.75) is 71.0 Å². The number of rotatable bonds is 8. The summed E-state index contributed by atoms with van der Waals surface area (Å²) >= 11 is 1.67. The summed E-state index contributed by atoms with van der Waals surface area (Å²) in [6.45, 7) is 12.2. The summed E-state index contributed by atoms with van der Waals surface area (Å²) in [4.78, 5) is 28.7. The van der Waals surface area contributed by atoms with Crippen LogP contribution in [0.3, 0.4) is 0 Å². The van der Waals surface area contributed by atoms with Gasteiger partial charge >= 0.3 is 0 Å². The lowest BCUT2D eigenvalue weighted by atomic mass is 10.1. The molecule has 1 unspecified atom stereocenters. The number of thioether (sulfide) groups is 1. The summed E-state index contributed by atoms with van der Waals surface area (Å²) in [7, 11) is 0. The predicted molar refractivity (Wildman–Crippen MR) is 126 cm³/mol. The van der Waals surface area contributed by atoms with Gasteiger partial charge in [-0.2, -0.15) is 0 Å². The van der Waals surface area contributed by atoms with Gasteiger partial charge in [-0.3, -0.25) is 9.59 Å². The van der Waals surface area contributed by atoms with Crippen molar-refractivity contribution in [3.63, 3.8) is 0 Å². The molecule has 5 heteroatoms. The van der Waals surface area contributed by atoms with E-state index in [4.69, 9.17) is 0 Å². The number of amides is 2. The lowest BCUT2D eigenvalue weighted by Gasteiger charge is -2.31. The van der Waals surface area contributed by atoms with Crippen LogP contribution in [0.2, 0.25) is 0 Å². The summed E-state index contributed by atoms with van der Waals surface area (Å²) < 4.78 is 0. The van der Waals surface area contributed by atoms with Crippen LogP contribution in [0.5, 0.6) is 0 Å². The molecule has 2 rings (SSSR count). The molecule has 0 fully saturated rings. The maximum atomic E-state index is 13.1. The van der Waals surface area contributed by atoms with Crippen LogP contribution in [0.15, 0.2) is 53.4 Å². The van der Waals surface area contributed by atoms with Crippen molar-refractivity contribution in [3.05, 3.63) is 65.2 Å². The van der Waals surface area contributed by atoms with Gasteiger partial charge in [-0.25, -0.2) is 0 Å². The Morgan fingerprint density at radius 3 is 2.03 bits per heavy atom. The summed E-state index contributed by atoms with van der Waals surface area (Å²) in [5, 5.41) is 3.00. The van der Waals surface area contributed by atoms with E-state index >= 15 is 0 Å². The van der Waals surface area contributed by atoms with Gasteiger partial charge in [-0.1, -0.05) is 47.5 Å². The molecule has 1 N–H and O–H groups in total. The maximum absolute atomic E-state index is 13.1. The van der Waals surface area contributed by atoms with E-state index in [9.17, 15) is 9.59 Å². The average Bonchev–Trinajstić information content (AvgIpc) is 2.67. The van der Waals surface area contributed by atoms with E-state index in [0.717, 1.165) is 10.5 Å². The molecule has 0 aliphatic rings. The zero-order valence-electron chi connectivity index (χ0n) is 19.0. The first-order valence-electron chi connectivity index (χ1n) is 10.4. The van der Waals surface area contributed by atoms with Crippen LogP contribution in [0.4, 0.5) is 0 Å². The second-order valence-electron chi connectivity index (χ2n) is 8.83. The molecule has 0 spiro atoms. The van der Waals surface area contributed by atoms with Gasteiger partial charge in [0, 0.05) is 29.2 Å². The van der Waals surface area contributed by atoms with Crippen molar-refractivity contribution in [2.24, 2.45) is 0 Å². The SMILES string of the molecule is Cc1ccc(CN(C(=O)CCSc2ccc(C)cc2)C(C)C(=O)NC(C)(C)C)cc1. The molecule has 0 saturated heterocycles. The maximum Gasteiger partial charge on any atom is 0.242 e. The number of nitrogens with zero attached hydrogens (tertiary/aromatic N) is 1. The molecule has 4 nitrogen and oxygen atoms in total. The van der Waals surface area contributed by atoms with Crippen molar-refractivity contribution in [3.8, 4) is 0 Å². The van der Waals surface area contributed by atoms with E-state index in [1.807, 2.05) is 52.0 Å². The van der Waals surface area contributed by atoms with E-state index in [0.29, 0.717) is 18.7 Å². The van der Waals surface area contributed by atoms with Crippen molar-refractivity contribution in [1.82, 2.24) is 10.2 Å². The topological polar surface area (TPSA) is 49.4 Å². The third-order valence-electron chi connectivity index (χ3n) is 4.74. The van der Waals surface area contributed by atoms with Crippen LogP contribution < -0.4 is 5.32 Å². The first-order valence-corrected chi connectivity index (χ1v) is 11.4. The van der Waals surface area contributed by atoms with Gasteiger partial charge < -0.3 is 10.2 Å². The minimum Gasteiger partial charge on any atom is -0.350 e. The molecule has 2 amide bonds. The molecule has 2 aromatic carbocycles. The van der Waals surface area contributed by atoms with Crippen molar-refractivity contribution in [1.29, 1.82) is 0 Å². The smallest absolute Gasteiger partial charge is 0.242 e. The van der Waals surface area contributed by atoms with Crippen LogP contribution in [-0.4, -0.2) is 34.0 Å². The number of aryl methyl sites for hydroxylation is 2. The summed E-state index contributed by atoms with van der Waals surface area (Å²) in [5.74, 6) is 0.542. The first kappa shape index (κ1) is 24.0. The first-order chi connectivity index (χ1) is 14.0. The molecule has 0 heterocycles. The highest BCUT2D eigenvalue weighted by atomic mass is 32.2. The molecule has 0 saturated carbocycles. The zero-order valence-corrected chi connectivity index (χ0v) is 19.8. The van der Waals surface area contributed by atoms with Crippen molar-refractivity contribution in [2.75, 3.05) is 5.75 Å². The Morgan fingerprint density at radius 2 is 1.50 bits per heavy atom. The van der Waals surface area contributed by atoms with Gasteiger partial charge in [-0.15, -0.1) is 11.8 Å². The number of carbonyl (C=O) groups is 2. The third kappa shape index (κ3) is 7.86. The number of nitrogens with one attached hydrogen (secondary N) is 1. The van der Waals surface area contributed by atoms with Gasteiger partial charge in [0.25, 0.3) is 0 Å². The Balaban J connectivity index is 2.08. The predicted octanol–water partition coefficient (Wildman–Crippen LogP) is 5.12. The van der Waals surface area contributed by atoms with E-state index in [2.05, 4.69) is 36.5 Å². The number of benzene rings is 2. The minimum absolute atomic E-state index is 0.00764. The van der Waals surface area contributed by atoms with Crippen LogP contribution in [0, 0.1) is 13.8 Å². The fourth-order valence-electron chi connectivity index (χ4n) is 2.98. The van der Waals surface area contributed by atoms with Gasteiger partial charge in [0.05, 0.1) is 0 Å². The number of hydrogen-bond donors (Lipinski definition) is 1. The molecule has 2 aromatic rings. The largest absolute Gasteiger partial charge is 0.350 e. The summed E-state index contributed by atoms with van der Waals surface area (Å²) in [6.07, 6.45) is 0.386. The Kier molecular flexibility index (Phi) is 8.54. The van der Waals surface area contributed by atoms with E-state index < -0.39 is 6.04 Å². The zero-order chi connectivity index (χ0) is 22.3. The summed E-state index contributed by atoms with van der Waals surface area (Å²) in [5.41, 5.74) is 3.07. The van der Waals surface area contributed by atoms with Crippen LogP contribution in [0.25, 0.3) is 0 Å². The second-order valence-corrected chi connectivity index (χ2v) is 10.0. The van der Waals surface area contributed by atoms with E-state index in [-0.39, 0.29) is 17.4 Å². The van der Waals surface area contributed by atoms with Gasteiger partial charge in [0.1, 0.15) is 6.04 Å². The molecule has 0 bridgehead atoms. The Labute approximate surface area is 185 Å². The quantitative estimate of drug-likeness (QED) is 0.596. The molecular weight excluding hydrogens is 392 g/mol. The fourth-order valence-corrected chi connectivity index (χ4v) is 3.82. The van der Waals surface area contributed by atoms with Crippen molar-refractivity contribution < 1.29 is 9.59 Å². The van der Waals surface area contributed by atoms with Gasteiger partial charge in [0.15, 0.2) is 0 Å². The Bertz CT molecular complexity index is 839. The van der Waals surface area contributed by atoms with Crippen LogP contribution >= 0.6 is 11.8 Å². The Morgan fingerprint density at radius 1 is 0.967 bits per heavy atom. The molecular formula is C25H34N2O2S. The standard InChI is InChI=1S/C25H34N2O2S/c1-18-7-11-21(12-8-18)17-27(20(3)24(29)26-25(4,5)6)23(28)15-16-30-22-13-9-19(2)10-14-22/h7-14,20H,15-17H2,1-6H3,(H,26,29). The lowest BCUT2D eigenvalue weighted by molar-refractivity contribution is -0.140. The van der Waals surface area contributed by atoms with Crippen LogP contribution in [0.1, 0.15) is 50.8 Å². The monoisotopic (exact) mass is 426 g/mol. The molecule has 162 valence electrons. The fraction of sp³-hybridized carbons (Fsp3) is 0.440. The number of hydrogen-bond acceptors (Lipinski definition) is 3. The average molecular weight is 427 g/mol. The Hall–Kier alpha value is -2.27. The highest BCUT2D eigenvalue weighted by molar-refractivity contribution is 7.99. The molecule has 30 heavy (non-hydrogen) atoms. The molecule has 0 aliphatic heterocycles. The molecule has 0 radical (unpaired) electrons.